The normalized spacial score (nSPS) is 10.9. The summed E-state index contributed by atoms with van der Waals surface area (Å²) in [5.41, 5.74) is 4.19. The van der Waals surface area contributed by atoms with Crippen molar-refractivity contribution < 1.29 is 14.6 Å². The Morgan fingerprint density at radius 3 is 2.77 bits per heavy atom. The first kappa shape index (κ1) is 16.2. The maximum atomic E-state index is 10.5. The van der Waals surface area contributed by atoms with Crippen molar-refractivity contribution >= 4 is 33.8 Å². The van der Waals surface area contributed by atoms with Crippen molar-refractivity contribution in [1.29, 1.82) is 0 Å². The van der Waals surface area contributed by atoms with Gasteiger partial charge in [0.05, 0.1) is 10.2 Å². The lowest BCUT2D eigenvalue weighted by molar-refractivity contribution is -0.139. The average molecular weight is 362 g/mol. The van der Waals surface area contributed by atoms with E-state index in [1.165, 1.54) is 5.56 Å². The average Bonchev–Trinajstić information content (AvgIpc) is 2.47. The van der Waals surface area contributed by atoms with Crippen LogP contribution in [0.25, 0.3) is 0 Å². The lowest BCUT2D eigenvalue weighted by Crippen LogP contribution is -2.09. The third kappa shape index (κ3) is 4.18. The second-order valence-electron chi connectivity index (χ2n) is 4.85. The van der Waals surface area contributed by atoms with Crippen LogP contribution in [0.4, 0.5) is 5.69 Å². The molecule has 0 radical (unpaired) electrons. The first-order valence-corrected chi connectivity index (χ1v) is 7.51. The molecule has 0 saturated carbocycles. The monoisotopic (exact) mass is 361 g/mol. The van der Waals surface area contributed by atoms with E-state index >= 15 is 0 Å². The van der Waals surface area contributed by atoms with E-state index in [2.05, 4.69) is 33.9 Å². The first-order chi connectivity index (χ1) is 10.5. The standard InChI is InChI=1S/C17H16BrNO3/c1-11-4-3-5-15(12(11)2)19-9-13-6-7-16(14(18)8-13)22-10-17(20)21/h3-9H,10H2,1-2H3,(H,20,21). The van der Waals surface area contributed by atoms with Crippen molar-refractivity contribution in [3.63, 3.8) is 0 Å². The van der Waals surface area contributed by atoms with Crippen LogP contribution in [0.15, 0.2) is 45.9 Å². The Morgan fingerprint density at radius 1 is 1.32 bits per heavy atom. The smallest absolute Gasteiger partial charge is 0.341 e. The molecule has 2 aromatic carbocycles. The fourth-order valence-electron chi connectivity index (χ4n) is 1.87. The molecule has 0 unspecified atom stereocenters. The summed E-state index contributed by atoms with van der Waals surface area (Å²) < 4.78 is 5.85. The van der Waals surface area contributed by atoms with Gasteiger partial charge in [-0.2, -0.15) is 0 Å². The van der Waals surface area contributed by atoms with Crippen LogP contribution in [-0.2, 0) is 4.79 Å². The Balaban J connectivity index is 2.16. The molecule has 114 valence electrons. The molecule has 0 saturated heterocycles. The number of hydrogen-bond donors (Lipinski definition) is 1. The van der Waals surface area contributed by atoms with Gasteiger partial charge in [0.1, 0.15) is 5.75 Å². The van der Waals surface area contributed by atoms with E-state index in [0.29, 0.717) is 10.2 Å². The second kappa shape index (κ2) is 7.22. The Morgan fingerprint density at radius 2 is 2.09 bits per heavy atom. The number of aryl methyl sites for hydroxylation is 1. The molecule has 0 atom stereocenters. The summed E-state index contributed by atoms with van der Waals surface area (Å²) in [6.07, 6.45) is 1.77. The van der Waals surface area contributed by atoms with Crippen LogP contribution >= 0.6 is 15.9 Å². The zero-order valence-electron chi connectivity index (χ0n) is 12.3. The summed E-state index contributed by atoms with van der Waals surface area (Å²) in [4.78, 5) is 15.0. The molecule has 5 heteroatoms. The van der Waals surface area contributed by atoms with Crippen molar-refractivity contribution in [3.05, 3.63) is 57.6 Å². The van der Waals surface area contributed by atoms with Gasteiger partial charge in [-0.3, -0.25) is 4.99 Å². The van der Waals surface area contributed by atoms with Crippen molar-refractivity contribution in [2.45, 2.75) is 13.8 Å². The van der Waals surface area contributed by atoms with Gasteiger partial charge in [0.25, 0.3) is 0 Å². The number of aliphatic carboxylic acids is 1. The maximum absolute atomic E-state index is 10.5. The zero-order valence-corrected chi connectivity index (χ0v) is 13.9. The van der Waals surface area contributed by atoms with E-state index in [1.807, 2.05) is 31.2 Å². The SMILES string of the molecule is Cc1cccc(N=Cc2ccc(OCC(=O)O)c(Br)c2)c1C. The van der Waals surface area contributed by atoms with Gasteiger partial charge in [0.2, 0.25) is 0 Å². The van der Waals surface area contributed by atoms with Crippen LogP contribution in [0, 0.1) is 13.8 Å². The minimum Gasteiger partial charge on any atom is -0.481 e. The lowest BCUT2D eigenvalue weighted by Gasteiger charge is -2.06. The van der Waals surface area contributed by atoms with Gasteiger partial charge in [0.15, 0.2) is 6.61 Å². The van der Waals surface area contributed by atoms with Gasteiger partial charge in [-0.05, 0) is 70.7 Å². The topological polar surface area (TPSA) is 58.9 Å². The highest BCUT2D eigenvalue weighted by Crippen LogP contribution is 2.26. The van der Waals surface area contributed by atoms with Crippen LogP contribution < -0.4 is 4.74 Å². The number of nitrogens with zero attached hydrogens (tertiary/aromatic N) is 1. The molecule has 2 aromatic rings. The van der Waals surface area contributed by atoms with Crippen LogP contribution in [0.5, 0.6) is 5.75 Å². The zero-order chi connectivity index (χ0) is 16.1. The Bertz CT molecular complexity index is 726. The fraction of sp³-hybridized carbons (Fsp3) is 0.176. The van der Waals surface area contributed by atoms with Crippen molar-refractivity contribution in [3.8, 4) is 5.75 Å². The highest BCUT2D eigenvalue weighted by molar-refractivity contribution is 9.10. The molecule has 0 aliphatic rings. The third-order valence-corrected chi connectivity index (χ3v) is 3.86. The van der Waals surface area contributed by atoms with E-state index in [1.54, 1.807) is 12.3 Å². The lowest BCUT2D eigenvalue weighted by atomic mass is 10.1. The molecule has 0 fully saturated rings. The summed E-state index contributed by atoms with van der Waals surface area (Å²) in [6.45, 7) is 3.73. The maximum Gasteiger partial charge on any atom is 0.341 e. The molecule has 0 bridgehead atoms. The van der Waals surface area contributed by atoms with Crippen LogP contribution in [0.3, 0.4) is 0 Å². The summed E-state index contributed by atoms with van der Waals surface area (Å²) in [6, 6.07) is 11.4. The van der Waals surface area contributed by atoms with Gasteiger partial charge >= 0.3 is 5.97 Å². The predicted octanol–water partition coefficient (Wildman–Crippen LogP) is 4.28. The van der Waals surface area contributed by atoms with Crippen LogP contribution in [0.2, 0.25) is 0 Å². The van der Waals surface area contributed by atoms with Crippen molar-refractivity contribution in [1.82, 2.24) is 0 Å². The number of halogens is 1. The van der Waals surface area contributed by atoms with Crippen LogP contribution in [0.1, 0.15) is 16.7 Å². The molecular formula is C17H16BrNO3. The van der Waals surface area contributed by atoms with Gasteiger partial charge in [-0.25, -0.2) is 4.79 Å². The quantitative estimate of drug-likeness (QED) is 0.808. The van der Waals surface area contributed by atoms with Gasteiger partial charge in [-0.15, -0.1) is 0 Å². The van der Waals surface area contributed by atoms with Gasteiger partial charge in [-0.1, -0.05) is 12.1 Å². The largest absolute Gasteiger partial charge is 0.481 e. The molecule has 0 aliphatic carbocycles. The molecule has 0 spiro atoms. The molecular weight excluding hydrogens is 346 g/mol. The number of carboxylic acids is 1. The van der Waals surface area contributed by atoms with E-state index in [0.717, 1.165) is 16.8 Å². The van der Waals surface area contributed by atoms with E-state index in [-0.39, 0.29) is 6.61 Å². The number of rotatable bonds is 5. The number of hydrogen-bond acceptors (Lipinski definition) is 3. The minimum absolute atomic E-state index is 0.367. The first-order valence-electron chi connectivity index (χ1n) is 6.72. The molecule has 4 nitrogen and oxygen atoms in total. The van der Waals surface area contributed by atoms with E-state index in [4.69, 9.17) is 9.84 Å². The molecule has 0 aliphatic heterocycles. The van der Waals surface area contributed by atoms with Crippen molar-refractivity contribution in [2.75, 3.05) is 6.61 Å². The third-order valence-electron chi connectivity index (χ3n) is 3.24. The highest BCUT2D eigenvalue weighted by atomic mass is 79.9. The van der Waals surface area contributed by atoms with E-state index in [9.17, 15) is 4.79 Å². The number of carboxylic acid groups (broad SMARTS) is 1. The summed E-state index contributed by atoms with van der Waals surface area (Å²) in [7, 11) is 0. The molecule has 0 aromatic heterocycles. The summed E-state index contributed by atoms with van der Waals surface area (Å²) in [5, 5.41) is 8.62. The molecule has 0 heterocycles. The summed E-state index contributed by atoms with van der Waals surface area (Å²) in [5.74, 6) is -0.515. The number of benzene rings is 2. The molecule has 1 N–H and O–H groups in total. The Labute approximate surface area is 137 Å². The Kier molecular flexibility index (Phi) is 5.33. The van der Waals surface area contributed by atoms with Crippen molar-refractivity contribution in [2.24, 2.45) is 4.99 Å². The fourth-order valence-corrected chi connectivity index (χ4v) is 2.38. The number of aliphatic imine (C=N–C) groups is 1. The minimum atomic E-state index is -1.01. The molecule has 22 heavy (non-hydrogen) atoms. The predicted molar refractivity (Wildman–Crippen MR) is 90.4 cm³/mol. The molecule has 0 amide bonds. The second-order valence-corrected chi connectivity index (χ2v) is 5.70. The number of ether oxygens (including phenoxy) is 1. The molecule has 2 rings (SSSR count). The highest BCUT2D eigenvalue weighted by Gasteiger charge is 2.05. The van der Waals surface area contributed by atoms with Gasteiger partial charge < -0.3 is 9.84 Å². The summed E-state index contributed by atoms with van der Waals surface area (Å²) >= 11 is 3.37. The van der Waals surface area contributed by atoms with Gasteiger partial charge in [0, 0.05) is 6.21 Å². The van der Waals surface area contributed by atoms with Crippen LogP contribution in [-0.4, -0.2) is 23.9 Å². The Hall–Kier alpha value is -2.14. The van der Waals surface area contributed by atoms with E-state index < -0.39 is 5.97 Å². The number of carbonyl (C=O) groups is 1.